The molecule has 0 aliphatic rings. The van der Waals surface area contributed by atoms with Gasteiger partial charge >= 0.3 is 6.18 Å². The lowest BCUT2D eigenvalue weighted by Gasteiger charge is -2.09. The number of aromatic nitrogens is 1. The van der Waals surface area contributed by atoms with Crippen LogP contribution in [0.3, 0.4) is 0 Å². The molecule has 0 unspecified atom stereocenters. The average molecular weight is 325 g/mol. The van der Waals surface area contributed by atoms with E-state index < -0.39 is 17.6 Å². The van der Waals surface area contributed by atoms with Gasteiger partial charge in [-0.05, 0) is 28.1 Å². The van der Waals surface area contributed by atoms with Gasteiger partial charge in [0.2, 0.25) is 0 Å². The molecule has 0 saturated heterocycles. The lowest BCUT2D eigenvalue weighted by atomic mass is 10.1. The van der Waals surface area contributed by atoms with Crippen molar-refractivity contribution >= 4 is 21.7 Å². The molecule has 0 bridgehead atoms. The molecule has 0 aliphatic heterocycles. The summed E-state index contributed by atoms with van der Waals surface area (Å²) in [5.74, 6) is -1.68. The molecule has 0 atom stereocenters. The molecule has 1 heterocycles. The number of nitrogens with zero attached hydrogens (tertiary/aromatic N) is 1. The van der Waals surface area contributed by atoms with Crippen LogP contribution >= 0.6 is 15.9 Å². The molecule has 1 aromatic carbocycles. The van der Waals surface area contributed by atoms with E-state index in [0.29, 0.717) is 6.07 Å². The Balaban J connectivity index is 2.64. The number of anilines is 1. The van der Waals surface area contributed by atoms with Gasteiger partial charge in [0.1, 0.15) is 10.3 Å². The van der Waals surface area contributed by atoms with Crippen LogP contribution in [0.15, 0.2) is 27.2 Å². The number of nitrogens with two attached hydrogens (primary N) is 1. The van der Waals surface area contributed by atoms with E-state index in [1.807, 2.05) is 0 Å². The highest BCUT2D eigenvalue weighted by molar-refractivity contribution is 9.10. The fourth-order valence-corrected chi connectivity index (χ4v) is 1.74. The number of rotatable bonds is 1. The second kappa shape index (κ2) is 4.27. The number of hydrogen-bond donors (Lipinski definition) is 1. The number of alkyl halides is 3. The third kappa shape index (κ3) is 2.07. The fourth-order valence-electron chi connectivity index (χ4n) is 1.38. The van der Waals surface area contributed by atoms with Gasteiger partial charge in [0.05, 0.1) is 11.1 Å². The summed E-state index contributed by atoms with van der Waals surface area (Å²) in [5.41, 5.74) is 3.62. The van der Waals surface area contributed by atoms with Crippen LogP contribution in [0.2, 0.25) is 0 Å². The third-order valence-electron chi connectivity index (χ3n) is 2.21. The molecule has 2 aromatic rings. The predicted octanol–water partition coefficient (Wildman–Crippen LogP) is 3.84. The minimum atomic E-state index is -4.78. The number of halogens is 5. The zero-order chi connectivity index (χ0) is 13.5. The third-order valence-corrected chi connectivity index (χ3v) is 2.97. The van der Waals surface area contributed by atoms with Gasteiger partial charge in [-0.15, -0.1) is 0 Å². The lowest BCUT2D eigenvalue weighted by molar-refractivity contribution is -0.139. The summed E-state index contributed by atoms with van der Waals surface area (Å²) in [6.07, 6.45) is -4.78. The SMILES string of the molecule is Nc1noc(-c2cccc(C(F)(F)F)c2F)c1Br. The van der Waals surface area contributed by atoms with E-state index in [0.717, 1.165) is 12.1 Å². The highest BCUT2D eigenvalue weighted by Crippen LogP contribution is 2.38. The second-order valence-corrected chi connectivity index (χ2v) is 4.17. The molecule has 0 spiro atoms. The van der Waals surface area contributed by atoms with Crippen LogP contribution in [-0.4, -0.2) is 5.16 Å². The molecule has 2 N–H and O–H groups in total. The normalized spacial score (nSPS) is 11.8. The molecule has 8 heteroatoms. The first-order valence-corrected chi connectivity index (χ1v) is 5.38. The Morgan fingerprint density at radius 3 is 2.44 bits per heavy atom. The summed E-state index contributed by atoms with van der Waals surface area (Å²) < 4.78 is 56.2. The van der Waals surface area contributed by atoms with Crippen LogP contribution in [0.4, 0.5) is 23.4 Å². The minimum absolute atomic E-state index is 0.0678. The Hall–Kier alpha value is -1.57. The summed E-state index contributed by atoms with van der Waals surface area (Å²) in [6.45, 7) is 0. The second-order valence-electron chi connectivity index (χ2n) is 3.38. The molecule has 0 radical (unpaired) electrons. The quantitative estimate of drug-likeness (QED) is 0.811. The van der Waals surface area contributed by atoms with Crippen molar-refractivity contribution < 1.29 is 22.1 Å². The molecule has 1 aromatic heterocycles. The van der Waals surface area contributed by atoms with Crippen molar-refractivity contribution in [3.63, 3.8) is 0 Å². The van der Waals surface area contributed by atoms with Crippen molar-refractivity contribution in [1.29, 1.82) is 0 Å². The van der Waals surface area contributed by atoms with Gasteiger partial charge in [-0.1, -0.05) is 11.2 Å². The van der Waals surface area contributed by atoms with Gasteiger partial charge < -0.3 is 10.3 Å². The average Bonchev–Trinajstić information content (AvgIpc) is 2.59. The maximum Gasteiger partial charge on any atom is 0.419 e. The van der Waals surface area contributed by atoms with Crippen molar-refractivity contribution in [1.82, 2.24) is 5.16 Å². The molecule has 96 valence electrons. The molecule has 0 aliphatic carbocycles. The fraction of sp³-hybridized carbons (Fsp3) is 0.100. The summed E-state index contributed by atoms with van der Waals surface area (Å²) in [7, 11) is 0. The standard InChI is InChI=1S/C10H5BrF4N2O/c11-6-8(18-17-9(6)16)4-2-1-3-5(7(4)12)10(13,14)15/h1-3H,(H2,16,17). The largest absolute Gasteiger partial charge is 0.419 e. The molecular formula is C10H5BrF4N2O. The first-order valence-electron chi connectivity index (χ1n) is 4.59. The Morgan fingerprint density at radius 2 is 1.94 bits per heavy atom. The van der Waals surface area contributed by atoms with E-state index in [1.165, 1.54) is 0 Å². The van der Waals surface area contributed by atoms with Crippen LogP contribution in [0.5, 0.6) is 0 Å². The first-order chi connectivity index (χ1) is 8.32. The van der Waals surface area contributed by atoms with Crippen molar-refractivity contribution in [2.45, 2.75) is 6.18 Å². The van der Waals surface area contributed by atoms with E-state index in [9.17, 15) is 17.6 Å². The van der Waals surface area contributed by atoms with Crippen molar-refractivity contribution in [3.8, 4) is 11.3 Å². The number of benzene rings is 1. The van der Waals surface area contributed by atoms with Crippen molar-refractivity contribution in [3.05, 3.63) is 34.1 Å². The summed E-state index contributed by atoms with van der Waals surface area (Å²) in [5, 5.41) is 3.33. The smallest absolute Gasteiger partial charge is 0.380 e. The van der Waals surface area contributed by atoms with Gasteiger partial charge in [-0.3, -0.25) is 0 Å². The van der Waals surface area contributed by atoms with E-state index >= 15 is 0 Å². The summed E-state index contributed by atoms with van der Waals surface area (Å²) in [4.78, 5) is 0. The number of hydrogen-bond acceptors (Lipinski definition) is 3. The Morgan fingerprint density at radius 1 is 1.28 bits per heavy atom. The molecule has 3 nitrogen and oxygen atoms in total. The van der Waals surface area contributed by atoms with E-state index in [-0.39, 0.29) is 21.6 Å². The maximum absolute atomic E-state index is 13.8. The molecular weight excluding hydrogens is 320 g/mol. The molecule has 18 heavy (non-hydrogen) atoms. The Labute approximate surface area is 107 Å². The Bertz CT molecular complexity index is 594. The van der Waals surface area contributed by atoms with Crippen LogP contribution in [-0.2, 0) is 6.18 Å². The maximum atomic E-state index is 13.8. The van der Waals surface area contributed by atoms with Crippen LogP contribution in [0, 0.1) is 5.82 Å². The van der Waals surface area contributed by atoms with Crippen molar-refractivity contribution in [2.24, 2.45) is 0 Å². The summed E-state index contributed by atoms with van der Waals surface area (Å²) in [6, 6.07) is 2.87. The zero-order valence-corrected chi connectivity index (χ0v) is 10.1. The van der Waals surface area contributed by atoms with E-state index in [4.69, 9.17) is 10.3 Å². The van der Waals surface area contributed by atoms with E-state index in [1.54, 1.807) is 0 Å². The predicted molar refractivity (Wildman–Crippen MR) is 59.0 cm³/mol. The monoisotopic (exact) mass is 324 g/mol. The molecule has 0 amide bonds. The Kier molecular flexibility index (Phi) is 3.05. The van der Waals surface area contributed by atoms with Gasteiger partial charge in [0, 0.05) is 0 Å². The van der Waals surface area contributed by atoms with Gasteiger partial charge in [0.15, 0.2) is 11.6 Å². The lowest BCUT2D eigenvalue weighted by Crippen LogP contribution is -2.08. The number of nitrogen functional groups attached to an aromatic ring is 1. The summed E-state index contributed by atoms with van der Waals surface area (Å²) >= 11 is 2.97. The van der Waals surface area contributed by atoms with Crippen LogP contribution in [0.1, 0.15) is 5.56 Å². The van der Waals surface area contributed by atoms with Crippen LogP contribution in [0.25, 0.3) is 11.3 Å². The van der Waals surface area contributed by atoms with Crippen LogP contribution < -0.4 is 5.73 Å². The molecule has 0 saturated carbocycles. The highest BCUT2D eigenvalue weighted by Gasteiger charge is 2.35. The first kappa shape index (κ1) is 12.9. The van der Waals surface area contributed by atoms with Crippen molar-refractivity contribution in [2.75, 3.05) is 5.73 Å². The molecule has 0 fully saturated rings. The van der Waals surface area contributed by atoms with Gasteiger partial charge in [0.25, 0.3) is 0 Å². The van der Waals surface area contributed by atoms with E-state index in [2.05, 4.69) is 21.1 Å². The molecule has 2 rings (SSSR count). The zero-order valence-electron chi connectivity index (χ0n) is 8.55. The van der Waals surface area contributed by atoms with Gasteiger partial charge in [-0.25, -0.2) is 4.39 Å². The highest BCUT2D eigenvalue weighted by atomic mass is 79.9. The topological polar surface area (TPSA) is 52.0 Å². The van der Waals surface area contributed by atoms with Gasteiger partial charge in [-0.2, -0.15) is 13.2 Å². The minimum Gasteiger partial charge on any atom is -0.380 e.